The number of aliphatic hydroxyl groups excluding tert-OH is 1. The van der Waals surface area contributed by atoms with Gasteiger partial charge in [-0.05, 0) is 31.7 Å². The highest BCUT2D eigenvalue weighted by Crippen LogP contribution is 2.26. The Morgan fingerprint density at radius 2 is 2.24 bits per heavy atom. The predicted molar refractivity (Wildman–Crippen MR) is 77.7 cm³/mol. The molecule has 2 aliphatic heterocycles. The predicted octanol–water partition coefficient (Wildman–Crippen LogP) is 0.669. The van der Waals surface area contributed by atoms with Crippen molar-refractivity contribution in [1.82, 2.24) is 14.5 Å². The monoisotopic (exact) mass is 292 g/mol. The summed E-state index contributed by atoms with van der Waals surface area (Å²) in [6.07, 6.45) is 6.74. The van der Waals surface area contributed by atoms with E-state index in [1.54, 1.807) is 18.6 Å². The van der Waals surface area contributed by atoms with Gasteiger partial charge in [-0.15, -0.1) is 0 Å². The van der Waals surface area contributed by atoms with Crippen molar-refractivity contribution < 1.29 is 9.84 Å². The molecule has 1 aromatic rings. The van der Waals surface area contributed by atoms with Crippen molar-refractivity contribution in [2.75, 3.05) is 19.7 Å². The highest BCUT2D eigenvalue weighted by atomic mass is 16.5. The molecule has 7 heteroatoms. The first-order valence-corrected chi connectivity index (χ1v) is 7.40. The summed E-state index contributed by atoms with van der Waals surface area (Å²) in [6.45, 7) is 2.01. The van der Waals surface area contributed by atoms with Crippen LogP contribution in [0.4, 0.5) is 5.82 Å². The van der Waals surface area contributed by atoms with Crippen LogP contribution in [0, 0.1) is 0 Å². The summed E-state index contributed by atoms with van der Waals surface area (Å²) in [7, 11) is 0. The fourth-order valence-corrected chi connectivity index (χ4v) is 2.72. The molecule has 21 heavy (non-hydrogen) atoms. The minimum atomic E-state index is -0.366. The molecule has 0 spiro atoms. The van der Waals surface area contributed by atoms with Gasteiger partial charge in [0, 0.05) is 19.3 Å². The van der Waals surface area contributed by atoms with Crippen LogP contribution >= 0.6 is 0 Å². The Balaban J connectivity index is 1.69. The van der Waals surface area contributed by atoms with Gasteiger partial charge in [-0.1, -0.05) is 0 Å². The van der Waals surface area contributed by atoms with Crippen LogP contribution in [0.3, 0.4) is 0 Å². The van der Waals surface area contributed by atoms with Crippen LogP contribution in [-0.4, -0.2) is 51.7 Å². The Kier molecular flexibility index (Phi) is 4.31. The number of aromatic nitrogens is 2. The molecule has 0 saturated carbocycles. The third-order valence-electron chi connectivity index (χ3n) is 3.91. The summed E-state index contributed by atoms with van der Waals surface area (Å²) in [6, 6.07) is 1.71. The zero-order valence-electron chi connectivity index (χ0n) is 11.9. The van der Waals surface area contributed by atoms with Crippen LogP contribution in [0.2, 0.25) is 0 Å². The van der Waals surface area contributed by atoms with Gasteiger partial charge in [-0.2, -0.15) is 4.98 Å². The lowest BCUT2D eigenvalue weighted by Crippen LogP contribution is -2.27. The van der Waals surface area contributed by atoms with E-state index in [1.165, 1.54) is 17.4 Å². The molecule has 0 aromatic carbocycles. The Morgan fingerprint density at radius 3 is 2.90 bits per heavy atom. The van der Waals surface area contributed by atoms with Crippen molar-refractivity contribution in [1.29, 1.82) is 0 Å². The summed E-state index contributed by atoms with van der Waals surface area (Å²) in [5, 5.41) is 9.07. The van der Waals surface area contributed by atoms with Crippen LogP contribution in [-0.2, 0) is 4.74 Å². The normalized spacial score (nSPS) is 26.0. The van der Waals surface area contributed by atoms with E-state index < -0.39 is 0 Å². The Morgan fingerprint density at radius 1 is 1.43 bits per heavy atom. The molecule has 0 radical (unpaired) electrons. The molecule has 2 fully saturated rings. The number of likely N-dealkylation sites (tertiary alicyclic amines) is 1. The molecule has 3 heterocycles. The Bertz CT molecular complexity index is 566. The number of nitrogens with zero attached hydrogens (tertiary/aromatic N) is 4. The average Bonchev–Trinajstić information content (AvgIpc) is 3.16. The van der Waals surface area contributed by atoms with Gasteiger partial charge in [0.2, 0.25) is 0 Å². The minimum Gasteiger partial charge on any atom is -0.394 e. The molecule has 0 unspecified atom stereocenters. The van der Waals surface area contributed by atoms with Crippen molar-refractivity contribution in [3.63, 3.8) is 0 Å². The molecule has 0 bridgehead atoms. The molecule has 2 aliphatic rings. The summed E-state index contributed by atoms with van der Waals surface area (Å²) in [5.74, 6) is 0.417. The summed E-state index contributed by atoms with van der Waals surface area (Å²) in [5.41, 5.74) is -0.366. The number of ether oxygens (including phenoxy) is 1. The van der Waals surface area contributed by atoms with Gasteiger partial charge >= 0.3 is 5.69 Å². The number of hydrogen-bond acceptors (Lipinski definition) is 5. The van der Waals surface area contributed by atoms with Gasteiger partial charge < -0.3 is 14.7 Å². The second-order valence-electron chi connectivity index (χ2n) is 5.44. The van der Waals surface area contributed by atoms with Crippen LogP contribution in [0.25, 0.3) is 0 Å². The van der Waals surface area contributed by atoms with Crippen LogP contribution in [0.15, 0.2) is 22.1 Å². The average molecular weight is 292 g/mol. The number of aliphatic hydroxyl groups is 1. The first kappa shape index (κ1) is 14.2. The SMILES string of the molecule is O=c1nc(N=CN2CCCC2)ccn1[C@H]1CC[C@@H](CO)O1. The first-order chi connectivity index (χ1) is 10.3. The van der Waals surface area contributed by atoms with E-state index in [9.17, 15) is 4.79 Å². The fourth-order valence-electron chi connectivity index (χ4n) is 2.72. The number of aliphatic imine (C=N–C) groups is 1. The molecule has 0 amide bonds. The highest BCUT2D eigenvalue weighted by Gasteiger charge is 2.26. The van der Waals surface area contributed by atoms with Crippen molar-refractivity contribution in [2.24, 2.45) is 4.99 Å². The van der Waals surface area contributed by atoms with E-state index in [4.69, 9.17) is 9.84 Å². The van der Waals surface area contributed by atoms with E-state index in [0.717, 1.165) is 19.5 Å². The third-order valence-corrected chi connectivity index (χ3v) is 3.91. The van der Waals surface area contributed by atoms with E-state index >= 15 is 0 Å². The van der Waals surface area contributed by atoms with Gasteiger partial charge in [0.25, 0.3) is 0 Å². The highest BCUT2D eigenvalue weighted by molar-refractivity contribution is 5.59. The smallest absolute Gasteiger partial charge is 0.351 e. The van der Waals surface area contributed by atoms with Gasteiger partial charge in [0.15, 0.2) is 5.82 Å². The fraction of sp³-hybridized carbons (Fsp3) is 0.643. The molecule has 2 atom stereocenters. The molecule has 1 aromatic heterocycles. The number of rotatable bonds is 4. The zero-order valence-corrected chi connectivity index (χ0v) is 11.9. The lowest BCUT2D eigenvalue weighted by atomic mass is 10.2. The third kappa shape index (κ3) is 3.30. The zero-order chi connectivity index (χ0) is 14.7. The molecular weight excluding hydrogens is 272 g/mol. The Hall–Kier alpha value is -1.73. The largest absolute Gasteiger partial charge is 0.394 e. The van der Waals surface area contributed by atoms with Gasteiger partial charge in [0.05, 0.1) is 19.0 Å². The number of hydrogen-bond donors (Lipinski definition) is 1. The summed E-state index contributed by atoms with van der Waals surface area (Å²) >= 11 is 0. The summed E-state index contributed by atoms with van der Waals surface area (Å²) < 4.78 is 7.05. The lowest BCUT2D eigenvalue weighted by Gasteiger charge is -2.14. The summed E-state index contributed by atoms with van der Waals surface area (Å²) in [4.78, 5) is 22.4. The maximum Gasteiger partial charge on any atom is 0.351 e. The second-order valence-corrected chi connectivity index (χ2v) is 5.44. The van der Waals surface area contributed by atoms with Gasteiger partial charge in [-0.25, -0.2) is 9.79 Å². The molecular formula is C14H20N4O3. The van der Waals surface area contributed by atoms with E-state index in [0.29, 0.717) is 12.2 Å². The van der Waals surface area contributed by atoms with Crippen molar-refractivity contribution in [2.45, 2.75) is 38.0 Å². The van der Waals surface area contributed by atoms with E-state index in [1.807, 2.05) is 0 Å². The second kappa shape index (κ2) is 6.36. The van der Waals surface area contributed by atoms with Crippen molar-refractivity contribution in [3.05, 3.63) is 22.7 Å². The maximum absolute atomic E-state index is 12.0. The molecule has 114 valence electrons. The van der Waals surface area contributed by atoms with Gasteiger partial charge in [0.1, 0.15) is 6.23 Å². The van der Waals surface area contributed by atoms with Crippen LogP contribution in [0.1, 0.15) is 31.9 Å². The maximum atomic E-state index is 12.0. The first-order valence-electron chi connectivity index (χ1n) is 7.40. The Labute approximate surface area is 122 Å². The quantitative estimate of drug-likeness (QED) is 0.651. The minimum absolute atomic E-state index is 0.0170. The van der Waals surface area contributed by atoms with Gasteiger partial charge in [-0.3, -0.25) is 4.57 Å². The molecule has 2 saturated heterocycles. The molecule has 3 rings (SSSR count). The molecule has 0 aliphatic carbocycles. The van der Waals surface area contributed by atoms with Crippen molar-refractivity contribution >= 4 is 12.2 Å². The molecule has 7 nitrogen and oxygen atoms in total. The van der Waals surface area contributed by atoms with E-state index in [2.05, 4.69) is 14.9 Å². The van der Waals surface area contributed by atoms with Crippen molar-refractivity contribution in [3.8, 4) is 0 Å². The van der Waals surface area contributed by atoms with Crippen LogP contribution < -0.4 is 5.69 Å². The van der Waals surface area contributed by atoms with E-state index in [-0.39, 0.29) is 24.6 Å². The molecule has 1 N–H and O–H groups in total. The standard InChI is InChI=1S/C14H20N4O3/c19-9-11-3-4-13(21-11)18-8-5-12(16-14(18)20)15-10-17-6-1-2-7-17/h5,8,10-11,13,19H,1-4,6-7,9H2/t11-,13+/m0/s1. The van der Waals surface area contributed by atoms with Crippen LogP contribution in [0.5, 0.6) is 0 Å². The lowest BCUT2D eigenvalue weighted by molar-refractivity contribution is -0.0245. The topological polar surface area (TPSA) is 80.0 Å².